The fourth-order valence-corrected chi connectivity index (χ4v) is 3.44. The van der Waals surface area contributed by atoms with Crippen LogP contribution in [0.3, 0.4) is 0 Å². The van der Waals surface area contributed by atoms with E-state index in [1.807, 2.05) is 0 Å². The van der Waals surface area contributed by atoms with Gasteiger partial charge in [-0.3, -0.25) is 5.43 Å². The van der Waals surface area contributed by atoms with Gasteiger partial charge in [0.05, 0.1) is 12.6 Å². The van der Waals surface area contributed by atoms with Gasteiger partial charge < -0.3 is 4.90 Å². The molecule has 4 nitrogen and oxygen atoms in total. The van der Waals surface area contributed by atoms with E-state index in [1.54, 1.807) is 11.3 Å². The SMILES string of the molecule is NNC(=NC1CCCC1)N(Cc1cccs1)C1CC1. The molecule has 3 rings (SSSR count). The summed E-state index contributed by atoms with van der Waals surface area (Å²) in [5.74, 6) is 6.62. The molecule has 2 saturated carbocycles. The van der Waals surface area contributed by atoms with Crippen molar-refractivity contribution in [3.8, 4) is 0 Å². The Balaban J connectivity index is 1.73. The van der Waals surface area contributed by atoms with Crippen LogP contribution in [0.15, 0.2) is 22.5 Å². The van der Waals surface area contributed by atoms with Crippen molar-refractivity contribution < 1.29 is 0 Å². The van der Waals surface area contributed by atoms with Crippen LogP contribution in [-0.4, -0.2) is 22.9 Å². The van der Waals surface area contributed by atoms with Gasteiger partial charge in [-0.25, -0.2) is 10.8 Å². The molecule has 104 valence electrons. The monoisotopic (exact) mass is 278 g/mol. The first-order valence-electron chi connectivity index (χ1n) is 7.20. The highest BCUT2D eigenvalue weighted by Crippen LogP contribution is 2.30. The van der Waals surface area contributed by atoms with Gasteiger partial charge in [0.15, 0.2) is 0 Å². The summed E-state index contributed by atoms with van der Waals surface area (Å²) in [6.07, 6.45) is 7.56. The van der Waals surface area contributed by atoms with Gasteiger partial charge in [-0.15, -0.1) is 11.3 Å². The maximum Gasteiger partial charge on any atom is 0.209 e. The van der Waals surface area contributed by atoms with E-state index in [9.17, 15) is 0 Å². The molecule has 0 amide bonds. The lowest BCUT2D eigenvalue weighted by Crippen LogP contribution is -2.46. The molecule has 0 saturated heterocycles. The van der Waals surface area contributed by atoms with Crippen molar-refractivity contribution >= 4 is 17.3 Å². The summed E-state index contributed by atoms with van der Waals surface area (Å²) in [6, 6.07) is 5.38. The number of hydrogen-bond donors (Lipinski definition) is 2. The Morgan fingerprint density at radius 2 is 2.16 bits per heavy atom. The zero-order valence-corrected chi connectivity index (χ0v) is 12.0. The third kappa shape index (κ3) is 3.28. The quantitative estimate of drug-likeness (QED) is 0.385. The van der Waals surface area contributed by atoms with E-state index in [0.717, 1.165) is 12.5 Å². The topological polar surface area (TPSA) is 53.6 Å². The Labute approximate surface area is 118 Å². The summed E-state index contributed by atoms with van der Waals surface area (Å²) in [5.41, 5.74) is 2.84. The minimum Gasteiger partial charge on any atom is -0.334 e. The van der Waals surface area contributed by atoms with Crippen LogP contribution >= 0.6 is 11.3 Å². The van der Waals surface area contributed by atoms with Crippen molar-refractivity contribution in [1.82, 2.24) is 10.3 Å². The molecular formula is C14H22N4S. The van der Waals surface area contributed by atoms with Crippen molar-refractivity contribution in [1.29, 1.82) is 0 Å². The Hall–Kier alpha value is -1.07. The Morgan fingerprint density at radius 1 is 1.37 bits per heavy atom. The minimum atomic E-state index is 0.468. The summed E-state index contributed by atoms with van der Waals surface area (Å²) < 4.78 is 0. The second-order valence-electron chi connectivity index (χ2n) is 5.47. The second-order valence-corrected chi connectivity index (χ2v) is 6.51. The predicted octanol–water partition coefficient (Wildman–Crippen LogP) is 2.47. The molecule has 2 aliphatic rings. The van der Waals surface area contributed by atoms with E-state index in [4.69, 9.17) is 10.8 Å². The molecule has 0 unspecified atom stereocenters. The molecule has 2 aliphatic carbocycles. The molecule has 2 fully saturated rings. The van der Waals surface area contributed by atoms with Crippen molar-refractivity contribution in [3.05, 3.63) is 22.4 Å². The van der Waals surface area contributed by atoms with Crippen LogP contribution in [0, 0.1) is 0 Å². The zero-order valence-electron chi connectivity index (χ0n) is 11.2. The molecule has 0 aromatic carbocycles. The molecule has 0 spiro atoms. The van der Waals surface area contributed by atoms with Crippen LogP contribution in [0.25, 0.3) is 0 Å². The van der Waals surface area contributed by atoms with Gasteiger partial charge in [0.1, 0.15) is 0 Å². The third-order valence-corrected chi connectivity index (χ3v) is 4.79. The van der Waals surface area contributed by atoms with E-state index < -0.39 is 0 Å². The molecule has 0 radical (unpaired) electrons. The lowest BCUT2D eigenvalue weighted by Gasteiger charge is -2.26. The number of hydrogen-bond acceptors (Lipinski definition) is 3. The van der Waals surface area contributed by atoms with Crippen LogP contribution in [0.4, 0.5) is 0 Å². The number of aliphatic imine (C=N–C) groups is 1. The molecule has 0 aliphatic heterocycles. The standard InChI is InChI=1S/C14H22N4S/c15-17-14(16-11-4-1-2-5-11)18(12-7-8-12)10-13-6-3-9-19-13/h3,6,9,11-12H,1-2,4-5,7-8,10,15H2,(H,16,17). The Morgan fingerprint density at radius 3 is 2.74 bits per heavy atom. The van der Waals surface area contributed by atoms with Crippen LogP contribution in [-0.2, 0) is 6.54 Å². The van der Waals surface area contributed by atoms with Gasteiger partial charge in [0.2, 0.25) is 5.96 Å². The molecule has 1 aromatic heterocycles. The van der Waals surface area contributed by atoms with Gasteiger partial charge in [-0.05, 0) is 37.1 Å². The molecular weight excluding hydrogens is 256 g/mol. The van der Waals surface area contributed by atoms with Gasteiger partial charge in [0, 0.05) is 10.9 Å². The summed E-state index contributed by atoms with van der Waals surface area (Å²) in [6.45, 7) is 0.929. The fraction of sp³-hybridized carbons (Fsp3) is 0.643. The molecule has 1 heterocycles. The van der Waals surface area contributed by atoms with Gasteiger partial charge in [-0.2, -0.15) is 0 Å². The summed E-state index contributed by atoms with van der Waals surface area (Å²) in [5, 5.41) is 2.13. The lowest BCUT2D eigenvalue weighted by molar-refractivity contribution is 0.387. The van der Waals surface area contributed by atoms with E-state index in [1.165, 1.54) is 43.4 Å². The number of guanidine groups is 1. The summed E-state index contributed by atoms with van der Waals surface area (Å²) in [7, 11) is 0. The fourth-order valence-electron chi connectivity index (χ4n) is 2.73. The van der Waals surface area contributed by atoms with Crippen LogP contribution in [0.5, 0.6) is 0 Å². The maximum atomic E-state index is 5.73. The average Bonchev–Trinajstić information content (AvgIpc) is 2.92. The number of thiophene rings is 1. The van der Waals surface area contributed by atoms with E-state index >= 15 is 0 Å². The van der Waals surface area contributed by atoms with Crippen molar-refractivity contribution in [2.45, 2.75) is 57.2 Å². The predicted molar refractivity (Wildman–Crippen MR) is 79.9 cm³/mol. The smallest absolute Gasteiger partial charge is 0.209 e. The first kappa shape index (κ1) is 12.9. The summed E-state index contributed by atoms with van der Waals surface area (Å²) in [4.78, 5) is 8.57. The highest BCUT2D eigenvalue weighted by atomic mass is 32.1. The van der Waals surface area contributed by atoms with E-state index in [2.05, 4.69) is 27.8 Å². The van der Waals surface area contributed by atoms with Crippen molar-refractivity contribution in [3.63, 3.8) is 0 Å². The molecule has 3 N–H and O–H groups in total. The number of nitrogens with zero attached hydrogens (tertiary/aromatic N) is 2. The van der Waals surface area contributed by atoms with Gasteiger partial charge >= 0.3 is 0 Å². The summed E-state index contributed by atoms with van der Waals surface area (Å²) >= 11 is 1.80. The van der Waals surface area contributed by atoms with Crippen LogP contribution in [0.2, 0.25) is 0 Å². The lowest BCUT2D eigenvalue weighted by atomic mass is 10.3. The highest BCUT2D eigenvalue weighted by molar-refractivity contribution is 7.09. The highest BCUT2D eigenvalue weighted by Gasteiger charge is 2.32. The largest absolute Gasteiger partial charge is 0.334 e. The molecule has 19 heavy (non-hydrogen) atoms. The Kier molecular flexibility index (Phi) is 4.03. The molecule has 0 atom stereocenters. The molecule has 1 aromatic rings. The van der Waals surface area contributed by atoms with E-state index in [0.29, 0.717) is 12.1 Å². The van der Waals surface area contributed by atoms with E-state index in [-0.39, 0.29) is 0 Å². The first-order chi connectivity index (χ1) is 9.36. The average molecular weight is 278 g/mol. The number of rotatable bonds is 4. The van der Waals surface area contributed by atoms with Crippen LogP contribution < -0.4 is 11.3 Å². The number of nitrogens with one attached hydrogen (secondary N) is 1. The number of nitrogens with two attached hydrogens (primary N) is 1. The van der Waals surface area contributed by atoms with Gasteiger partial charge in [-0.1, -0.05) is 18.9 Å². The third-order valence-electron chi connectivity index (χ3n) is 3.92. The zero-order chi connectivity index (χ0) is 13.1. The molecule has 5 heteroatoms. The van der Waals surface area contributed by atoms with Crippen molar-refractivity contribution in [2.75, 3.05) is 0 Å². The minimum absolute atomic E-state index is 0.468. The Bertz CT molecular complexity index is 419. The van der Waals surface area contributed by atoms with Gasteiger partial charge in [0.25, 0.3) is 0 Å². The normalized spacial score (nSPS) is 20.8. The van der Waals surface area contributed by atoms with Crippen molar-refractivity contribution in [2.24, 2.45) is 10.8 Å². The van der Waals surface area contributed by atoms with Crippen LogP contribution in [0.1, 0.15) is 43.4 Å². The second kappa shape index (κ2) is 5.92. The first-order valence-corrected chi connectivity index (χ1v) is 8.08. The number of hydrazine groups is 1. The maximum absolute atomic E-state index is 5.73. The molecule has 0 bridgehead atoms.